The first-order valence-corrected chi connectivity index (χ1v) is 14.1. The number of nitrogens with one attached hydrogen (secondary N) is 1. The smallest absolute Gasteiger partial charge is 0.251 e. The summed E-state index contributed by atoms with van der Waals surface area (Å²) in [4.78, 5) is 17.3. The number of hydrogen-bond acceptors (Lipinski definition) is 4. The molecule has 0 radical (unpaired) electrons. The second-order valence-corrected chi connectivity index (χ2v) is 10.2. The van der Waals surface area contributed by atoms with E-state index in [1.54, 1.807) is 31.4 Å². The van der Waals surface area contributed by atoms with Crippen LogP contribution in [0.4, 0.5) is 0 Å². The molecule has 39 heavy (non-hydrogen) atoms. The molecule has 0 spiro atoms. The molecule has 206 valence electrons. The third-order valence-corrected chi connectivity index (χ3v) is 7.04. The lowest BCUT2D eigenvalue weighted by atomic mass is 10.0. The van der Waals surface area contributed by atoms with E-state index in [4.69, 9.17) is 14.5 Å². The van der Waals surface area contributed by atoms with Gasteiger partial charge in [0.2, 0.25) is 0 Å². The van der Waals surface area contributed by atoms with Gasteiger partial charge < -0.3 is 19.4 Å². The first-order valence-electron chi connectivity index (χ1n) is 14.1. The Hall–Kier alpha value is -3.80. The number of methoxy groups -OCH3 is 1. The molecule has 0 fully saturated rings. The number of amides is 1. The standard InChI is InChI=1S/C33H41N3O3/c1-25(2)26-14-20-29(21-15-26)39-24-10-9-23-36-31-12-7-6-11-30(31)35-32(36)13-5-4-8-22-34-33(37)27-16-18-28(38-3)19-17-27/h6-7,11-12,14-21,25H,4-5,8-10,13,22-24H2,1-3H3,(H,34,37). The fraction of sp³-hybridized carbons (Fsp3) is 0.394. The minimum absolute atomic E-state index is 0.0454. The summed E-state index contributed by atoms with van der Waals surface area (Å²) >= 11 is 0. The topological polar surface area (TPSA) is 65.4 Å². The minimum Gasteiger partial charge on any atom is -0.497 e. The molecule has 0 bridgehead atoms. The van der Waals surface area contributed by atoms with E-state index < -0.39 is 0 Å². The van der Waals surface area contributed by atoms with E-state index in [1.165, 1.54) is 11.1 Å². The largest absolute Gasteiger partial charge is 0.497 e. The number of fused-ring (bicyclic) bond motifs is 1. The lowest BCUT2D eigenvalue weighted by molar-refractivity contribution is 0.0953. The average Bonchev–Trinajstić information content (AvgIpc) is 3.32. The maximum atomic E-state index is 12.3. The number of carbonyl (C=O) groups is 1. The van der Waals surface area contributed by atoms with Gasteiger partial charge in [-0.25, -0.2) is 4.98 Å². The van der Waals surface area contributed by atoms with Gasteiger partial charge >= 0.3 is 0 Å². The first kappa shape index (κ1) is 28.2. The summed E-state index contributed by atoms with van der Waals surface area (Å²) in [6.07, 6.45) is 5.98. The number of aromatic nitrogens is 2. The highest BCUT2D eigenvalue weighted by atomic mass is 16.5. The van der Waals surface area contributed by atoms with Gasteiger partial charge in [0.1, 0.15) is 17.3 Å². The summed E-state index contributed by atoms with van der Waals surface area (Å²) in [5, 5.41) is 3.01. The van der Waals surface area contributed by atoms with Crippen LogP contribution in [0.5, 0.6) is 11.5 Å². The molecule has 4 aromatic rings. The van der Waals surface area contributed by atoms with Crippen molar-refractivity contribution in [2.45, 2.75) is 64.8 Å². The van der Waals surface area contributed by atoms with E-state index >= 15 is 0 Å². The summed E-state index contributed by atoms with van der Waals surface area (Å²) in [5.41, 5.74) is 4.24. The number of hydrogen-bond donors (Lipinski definition) is 1. The second kappa shape index (κ2) is 14.4. The van der Waals surface area contributed by atoms with Crippen molar-refractivity contribution in [2.75, 3.05) is 20.3 Å². The number of nitrogens with zero attached hydrogens (tertiary/aromatic N) is 2. The Labute approximate surface area is 232 Å². The van der Waals surface area contributed by atoms with Gasteiger partial charge in [-0.15, -0.1) is 0 Å². The quantitative estimate of drug-likeness (QED) is 0.166. The molecule has 1 aromatic heterocycles. The van der Waals surface area contributed by atoms with Gasteiger partial charge in [-0.05, 0) is 85.7 Å². The molecular weight excluding hydrogens is 486 g/mol. The van der Waals surface area contributed by atoms with Crippen LogP contribution in [0.15, 0.2) is 72.8 Å². The second-order valence-electron chi connectivity index (χ2n) is 10.2. The highest BCUT2D eigenvalue weighted by molar-refractivity contribution is 5.94. The average molecular weight is 528 g/mol. The van der Waals surface area contributed by atoms with E-state index in [1.807, 2.05) is 6.07 Å². The van der Waals surface area contributed by atoms with Gasteiger partial charge in [-0.2, -0.15) is 0 Å². The number of benzene rings is 3. The molecule has 0 aliphatic rings. The van der Waals surface area contributed by atoms with Crippen LogP contribution in [0.2, 0.25) is 0 Å². The van der Waals surface area contributed by atoms with Crippen molar-refractivity contribution in [2.24, 2.45) is 0 Å². The summed E-state index contributed by atoms with van der Waals surface area (Å²) < 4.78 is 13.5. The van der Waals surface area contributed by atoms with Gasteiger partial charge in [0.05, 0.1) is 24.8 Å². The number of unbranched alkanes of at least 4 members (excludes halogenated alkanes) is 3. The molecule has 4 rings (SSSR count). The number of imidazole rings is 1. The zero-order valence-electron chi connectivity index (χ0n) is 23.5. The maximum absolute atomic E-state index is 12.3. The summed E-state index contributed by atoms with van der Waals surface area (Å²) in [6, 6.07) is 24.0. The normalized spacial score (nSPS) is 11.2. The molecule has 0 saturated carbocycles. The number of carbonyl (C=O) groups excluding carboxylic acids is 1. The first-order chi connectivity index (χ1) is 19.0. The minimum atomic E-state index is -0.0454. The van der Waals surface area contributed by atoms with Crippen molar-refractivity contribution in [3.8, 4) is 11.5 Å². The van der Waals surface area contributed by atoms with Crippen molar-refractivity contribution in [1.82, 2.24) is 14.9 Å². The van der Waals surface area contributed by atoms with Crippen LogP contribution in [0.1, 0.15) is 73.6 Å². The van der Waals surface area contributed by atoms with Crippen molar-refractivity contribution in [3.05, 3.63) is 89.7 Å². The van der Waals surface area contributed by atoms with Gasteiger partial charge in [-0.3, -0.25) is 4.79 Å². The fourth-order valence-electron chi connectivity index (χ4n) is 4.71. The Kier molecular flexibility index (Phi) is 10.4. The van der Waals surface area contributed by atoms with Crippen LogP contribution in [0.25, 0.3) is 11.0 Å². The van der Waals surface area contributed by atoms with Crippen molar-refractivity contribution >= 4 is 16.9 Å². The van der Waals surface area contributed by atoms with Crippen LogP contribution in [0.3, 0.4) is 0 Å². The van der Waals surface area contributed by atoms with Crippen molar-refractivity contribution < 1.29 is 14.3 Å². The molecule has 0 atom stereocenters. The Balaban J connectivity index is 1.20. The van der Waals surface area contributed by atoms with Crippen LogP contribution in [-0.2, 0) is 13.0 Å². The SMILES string of the molecule is COc1ccc(C(=O)NCCCCCc2nc3ccccc3n2CCCCOc2ccc(C(C)C)cc2)cc1. The van der Waals surface area contributed by atoms with E-state index in [9.17, 15) is 4.79 Å². The lowest BCUT2D eigenvalue weighted by Gasteiger charge is -2.11. The molecule has 0 unspecified atom stereocenters. The Morgan fingerprint density at radius 3 is 2.36 bits per heavy atom. The molecular formula is C33H41N3O3. The van der Waals surface area contributed by atoms with E-state index in [2.05, 4.69) is 66.2 Å². The van der Waals surface area contributed by atoms with Crippen molar-refractivity contribution in [3.63, 3.8) is 0 Å². The van der Waals surface area contributed by atoms with Gasteiger partial charge in [0, 0.05) is 25.1 Å². The molecule has 0 saturated heterocycles. The highest BCUT2D eigenvalue weighted by Crippen LogP contribution is 2.21. The predicted molar refractivity (Wildman–Crippen MR) is 158 cm³/mol. The van der Waals surface area contributed by atoms with Crippen LogP contribution in [-0.4, -0.2) is 35.7 Å². The summed E-state index contributed by atoms with van der Waals surface area (Å²) in [5.74, 6) is 3.32. The number of ether oxygens (including phenoxy) is 2. The van der Waals surface area contributed by atoms with E-state index in [0.717, 1.165) is 67.9 Å². The zero-order valence-corrected chi connectivity index (χ0v) is 23.5. The van der Waals surface area contributed by atoms with Gasteiger partial charge in [0.15, 0.2) is 0 Å². The molecule has 1 heterocycles. The monoisotopic (exact) mass is 527 g/mol. The summed E-state index contributed by atoms with van der Waals surface area (Å²) in [7, 11) is 1.62. The van der Waals surface area contributed by atoms with Gasteiger partial charge in [0.25, 0.3) is 5.91 Å². The zero-order chi connectivity index (χ0) is 27.5. The lowest BCUT2D eigenvalue weighted by Crippen LogP contribution is -2.24. The third kappa shape index (κ3) is 8.09. The predicted octanol–water partition coefficient (Wildman–Crippen LogP) is 7.17. The van der Waals surface area contributed by atoms with Crippen LogP contribution >= 0.6 is 0 Å². The molecule has 6 nitrogen and oxygen atoms in total. The Bertz CT molecular complexity index is 1310. The molecule has 1 N–H and O–H groups in total. The molecule has 0 aliphatic heterocycles. The molecule has 3 aromatic carbocycles. The maximum Gasteiger partial charge on any atom is 0.251 e. The number of rotatable bonds is 15. The fourth-order valence-corrected chi connectivity index (χ4v) is 4.71. The Morgan fingerprint density at radius 2 is 1.62 bits per heavy atom. The van der Waals surface area contributed by atoms with Crippen LogP contribution in [0, 0.1) is 0 Å². The van der Waals surface area contributed by atoms with Gasteiger partial charge in [-0.1, -0.05) is 44.5 Å². The van der Waals surface area contributed by atoms with Crippen LogP contribution < -0.4 is 14.8 Å². The molecule has 6 heteroatoms. The third-order valence-electron chi connectivity index (χ3n) is 7.04. The molecule has 1 amide bonds. The number of para-hydroxylation sites is 2. The highest BCUT2D eigenvalue weighted by Gasteiger charge is 2.10. The van der Waals surface area contributed by atoms with E-state index in [0.29, 0.717) is 24.6 Å². The number of aryl methyl sites for hydroxylation is 2. The summed E-state index contributed by atoms with van der Waals surface area (Å²) in [6.45, 7) is 6.72. The van der Waals surface area contributed by atoms with Crippen molar-refractivity contribution in [1.29, 1.82) is 0 Å². The molecule has 0 aliphatic carbocycles. The van der Waals surface area contributed by atoms with E-state index in [-0.39, 0.29) is 5.91 Å². The Morgan fingerprint density at radius 1 is 0.872 bits per heavy atom.